The molecule has 4 heterocycles. The highest BCUT2D eigenvalue weighted by Crippen LogP contribution is 2.35. The Morgan fingerprint density at radius 1 is 0.520 bits per heavy atom. The number of nitrogens with zero attached hydrogens (tertiary/aromatic N) is 4. The third-order valence-electron chi connectivity index (χ3n) is 7.29. The molecule has 0 saturated carbocycles. The fourth-order valence-electron chi connectivity index (χ4n) is 5.42. The van der Waals surface area contributed by atoms with Gasteiger partial charge >= 0.3 is 0 Å². The van der Waals surface area contributed by atoms with Crippen molar-refractivity contribution in [3.8, 4) is 0 Å². The van der Waals surface area contributed by atoms with E-state index >= 15 is 0 Å². The highest BCUT2D eigenvalue weighted by Gasteiger charge is 2.45. The van der Waals surface area contributed by atoms with Gasteiger partial charge in [0.15, 0.2) is 0 Å². The van der Waals surface area contributed by atoms with Gasteiger partial charge in [0.25, 0.3) is 0 Å². The van der Waals surface area contributed by atoms with Gasteiger partial charge in [-0.05, 0) is 59.8 Å². The molecule has 4 rings (SSSR count). The molecule has 2 bridgehead atoms. The van der Waals surface area contributed by atoms with Crippen LogP contribution in [0, 0.1) is 11.8 Å². The monoisotopic (exact) mass is 348 g/mol. The Bertz CT molecular complexity index is 423. The van der Waals surface area contributed by atoms with Crippen molar-refractivity contribution in [3.05, 3.63) is 0 Å². The van der Waals surface area contributed by atoms with Crippen LogP contribution in [0.3, 0.4) is 0 Å². The van der Waals surface area contributed by atoms with Crippen LogP contribution in [0.1, 0.15) is 48.0 Å². The first kappa shape index (κ1) is 18.2. The lowest BCUT2D eigenvalue weighted by atomic mass is 9.81. The molecular formula is C21H40N4. The second-order valence-electron chi connectivity index (χ2n) is 11.3. The Kier molecular flexibility index (Phi) is 4.51. The van der Waals surface area contributed by atoms with Crippen LogP contribution < -0.4 is 0 Å². The van der Waals surface area contributed by atoms with E-state index in [0.29, 0.717) is 11.1 Å². The first-order chi connectivity index (χ1) is 11.6. The van der Waals surface area contributed by atoms with Crippen molar-refractivity contribution in [2.24, 2.45) is 11.8 Å². The number of likely N-dealkylation sites (tertiary alicyclic amines) is 4. The van der Waals surface area contributed by atoms with E-state index in [2.05, 4.69) is 61.1 Å². The average molecular weight is 349 g/mol. The number of hydrogen-bond donors (Lipinski definition) is 0. The summed E-state index contributed by atoms with van der Waals surface area (Å²) in [5, 5.41) is 0. The third-order valence-corrected chi connectivity index (χ3v) is 7.29. The van der Waals surface area contributed by atoms with Crippen molar-refractivity contribution >= 4 is 0 Å². The standard InChI is InChI=1S/C21H40N4/c1-20(2,3)24-12-18(13-24)22-8-16-7-17(9-22)11-23(10-16)19-14-25(15-19)21(4,5)6/h16-19H,7-15H2,1-6H3. The van der Waals surface area contributed by atoms with E-state index in [1.165, 1.54) is 58.8 Å². The SMILES string of the molecule is CC(C)(C)N1CC(N2CC3CC(C2)CN(C2CN(C(C)(C)C)C2)C3)C1. The summed E-state index contributed by atoms with van der Waals surface area (Å²) in [6.07, 6.45) is 1.48. The summed E-state index contributed by atoms with van der Waals surface area (Å²) in [6, 6.07) is 1.66. The van der Waals surface area contributed by atoms with Crippen LogP contribution in [-0.4, -0.2) is 95.1 Å². The zero-order valence-corrected chi connectivity index (χ0v) is 17.5. The van der Waals surface area contributed by atoms with Crippen LogP contribution >= 0.6 is 0 Å². The molecule has 0 amide bonds. The second kappa shape index (κ2) is 6.19. The number of fused-ring (bicyclic) bond motifs is 2. The molecule has 0 aromatic rings. The Hall–Kier alpha value is -0.160. The zero-order valence-electron chi connectivity index (χ0n) is 17.5. The first-order valence-corrected chi connectivity index (χ1v) is 10.6. The Morgan fingerprint density at radius 3 is 1.12 bits per heavy atom. The van der Waals surface area contributed by atoms with Gasteiger partial charge in [-0.2, -0.15) is 0 Å². The molecule has 0 radical (unpaired) electrons. The van der Waals surface area contributed by atoms with E-state index in [4.69, 9.17) is 0 Å². The number of hydrogen-bond acceptors (Lipinski definition) is 4. The van der Waals surface area contributed by atoms with Gasteiger partial charge in [-0.3, -0.25) is 19.6 Å². The Balaban J connectivity index is 1.27. The van der Waals surface area contributed by atoms with Crippen molar-refractivity contribution in [1.29, 1.82) is 0 Å². The minimum atomic E-state index is 0.349. The highest BCUT2D eigenvalue weighted by atomic mass is 15.4. The highest BCUT2D eigenvalue weighted by molar-refractivity contribution is 5.01. The van der Waals surface area contributed by atoms with Gasteiger partial charge in [0.2, 0.25) is 0 Å². The second-order valence-corrected chi connectivity index (χ2v) is 11.3. The predicted molar refractivity (Wildman–Crippen MR) is 105 cm³/mol. The molecule has 25 heavy (non-hydrogen) atoms. The van der Waals surface area contributed by atoms with E-state index in [9.17, 15) is 0 Å². The molecule has 0 aliphatic carbocycles. The van der Waals surface area contributed by atoms with Gasteiger partial charge in [-0.25, -0.2) is 0 Å². The largest absolute Gasteiger partial charge is 0.297 e. The minimum absolute atomic E-state index is 0.349. The maximum Gasteiger partial charge on any atom is 0.0351 e. The van der Waals surface area contributed by atoms with E-state index in [1.807, 2.05) is 0 Å². The molecule has 0 atom stereocenters. The predicted octanol–water partition coefficient (Wildman–Crippen LogP) is 2.21. The van der Waals surface area contributed by atoms with Crippen LogP contribution in [-0.2, 0) is 0 Å². The van der Waals surface area contributed by atoms with Crippen LogP contribution in [0.15, 0.2) is 0 Å². The molecule has 0 unspecified atom stereocenters. The van der Waals surface area contributed by atoms with Crippen LogP contribution in [0.5, 0.6) is 0 Å². The Labute approximate surface area is 155 Å². The average Bonchev–Trinajstić information content (AvgIpc) is 2.29. The molecule has 4 saturated heterocycles. The zero-order chi connectivity index (χ0) is 18.0. The maximum absolute atomic E-state index is 2.85. The lowest BCUT2D eigenvalue weighted by Crippen LogP contribution is -2.70. The Morgan fingerprint density at radius 2 is 0.840 bits per heavy atom. The first-order valence-electron chi connectivity index (χ1n) is 10.6. The fraction of sp³-hybridized carbons (Fsp3) is 1.00. The third kappa shape index (κ3) is 3.65. The lowest BCUT2D eigenvalue weighted by molar-refractivity contribution is -0.0888. The summed E-state index contributed by atoms with van der Waals surface area (Å²) >= 11 is 0. The van der Waals surface area contributed by atoms with Gasteiger partial charge in [0.05, 0.1) is 0 Å². The molecule has 4 nitrogen and oxygen atoms in total. The van der Waals surface area contributed by atoms with Gasteiger partial charge in [0, 0.05) is 75.5 Å². The summed E-state index contributed by atoms with van der Waals surface area (Å²) < 4.78 is 0. The van der Waals surface area contributed by atoms with Gasteiger partial charge < -0.3 is 0 Å². The van der Waals surface area contributed by atoms with E-state index in [0.717, 1.165) is 23.9 Å². The molecule has 0 aromatic carbocycles. The van der Waals surface area contributed by atoms with Crippen LogP contribution in [0.25, 0.3) is 0 Å². The molecule has 4 heteroatoms. The van der Waals surface area contributed by atoms with Crippen molar-refractivity contribution in [2.45, 2.75) is 71.1 Å². The van der Waals surface area contributed by atoms with Crippen molar-refractivity contribution in [1.82, 2.24) is 19.6 Å². The summed E-state index contributed by atoms with van der Waals surface area (Å²) in [4.78, 5) is 11.0. The molecule has 4 aliphatic rings. The molecule has 144 valence electrons. The van der Waals surface area contributed by atoms with Gasteiger partial charge in [-0.1, -0.05) is 0 Å². The minimum Gasteiger partial charge on any atom is -0.297 e. The van der Waals surface area contributed by atoms with Gasteiger partial charge in [0.1, 0.15) is 0 Å². The normalized spacial score (nSPS) is 34.8. The van der Waals surface area contributed by atoms with Gasteiger partial charge in [-0.15, -0.1) is 0 Å². The van der Waals surface area contributed by atoms with Crippen molar-refractivity contribution in [3.63, 3.8) is 0 Å². The molecule has 0 aromatic heterocycles. The lowest BCUT2D eigenvalue weighted by Gasteiger charge is -2.58. The van der Waals surface area contributed by atoms with E-state index in [1.54, 1.807) is 0 Å². The summed E-state index contributed by atoms with van der Waals surface area (Å²) in [5.41, 5.74) is 0.699. The van der Waals surface area contributed by atoms with Crippen LogP contribution in [0.2, 0.25) is 0 Å². The van der Waals surface area contributed by atoms with Crippen LogP contribution in [0.4, 0.5) is 0 Å². The van der Waals surface area contributed by atoms with E-state index < -0.39 is 0 Å². The fourth-order valence-corrected chi connectivity index (χ4v) is 5.42. The molecule has 0 N–H and O–H groups in total. The summed E-state index contributed by atoms with van der Waals surface area (Å²) in [7, 11) is 0. The quantitative estimate of drug-likeness (QED) is 0.758. The van der Waals surface area contributed by atoms with E-state index in [-0.39, 0.29) is 0 Å². The molecule has 0 spiro atoms. The topological polar surface area (TPSA) is 13.0 Å². The van der Waals surface area contributed by atoms with Crippen molar-refractivity contribution in [2.75, 3.05) is 52.4 Å². The maximum atomic E-state index is 2.85. The van der Waals surface area contributed by atoms with Crippen molar-refractivity contribution < 1.29 is 0 Å². The molecule has 4 fully saturated rings. The molecule has 4 aliphatic heterocycles. The summed E-state index contributed by atoms with van der Waals surface area (Å²) in [6.45, 7) is 24.7. The summed E-state index contributed by atoms with van der Waals surface area (Å²) in [5.74, 6) is 1.83. The number of piperidine rings is 2. The number of rotatable bonds is 2. The smallest absolute Gasteiger partial charge is 0.0351 e. The molecular weight excluding hydrogens is 308 g/mol.